The molecule has 0 atom stereocenters. The van der Waals surface area contributed by atoms with Crippen LogP contribution in [0.1, 0.15) is 0 Å². The number of benzene rings is 1. The zero-order valence-electron chi connectivity index (χ0n) is 9.24. The molecule has 1 heterocycles. The topological polar surface area (TPSA) is 87.4 Å². The Bertz CT molecular complexity index is 492. The fourth-order valence-corrected chi connectivity index (χ4v) is 1.68. The molecule has 1 saturated heterocycles. The van der Waals surface area contributed by atoms with E-state index >= 15 is 0 Å². The Hall–Kier alpha value is -1.80. The lowest BCUT2D eigenvalue weighted by Gasteiger charge is -2.37. The molecule has 18 heavy (non-hydrogen) atoms. The molecule has 0 unspecified atom stereocenters. The highest BCUT2D eigenvalue weighted by Crippen LogP contribution is 2.29. The molecule has 3 N–H and O–H groups in total. The first-order valence-corrected chi connectivity index (χ1v) is 5.22. The monoisotopic (exact) mass is 259 g/mol. The smallest absolute Gasteiger partial charge is 0.327 e. The van der Waals surface area contributed by atoms with Crippen LogP contribution >= 0.6 is 0 Å². The summed E-state index contributed by atoms with van der Waals surface area (Å²) in [4.78, 5) is 9.76. The van der Waals surface area contributed by atoms with Gasteiger partial charge in [0, 0.05) is 31.8 Å². The van der Waals surface area contributed by atoms with Gasteiger partial charge in [0.1, 0.15) is 17.1 Å². The molecule has 1 aliphatic heterocycles. The van der Waals surface area contributed by atoms with Crippen molar-refractivity contribution in [3.05, 3.63) is 33.9 Å². The van der Waals surface area contributed by atoms with Gasteiger partial charge in [0.2, 0.25) is 5.82 Å². The summed E-state index contributed by atoms with van der Waals surface area (Å²) in [5.74, 6) is -2.17. The van der Waals surface area contributed by atoms with Gasteiger partial charge in [0.15, 0.2) is 0 Å². The van der Waals surface area contributed by atoms with Gasteiger partial charge in [-0.15, -0.1) is 0 Å². The van der Waals surface area contributed by atoms with Gasteiger partial charge in [0.25, 0.3) is 0 Å². The van der Waals surface area contributed by atoms with Gasteiger partial charge in [-0.2, -0.15) is 4.39 Å². The summed E-state index contributed by atoms with van der Waals surface area (Å²) in [6.45, 7) is 0.626. The number of rotatable bonds is 4. The predicted octanol–water partition coefficient (Wildman–Crippen LogP) is 0.619. The molecule has 2 rings (SSSR count). The first-order chi connectivity index (χ1) is 8.41. The second-order valence-electron chi connectivity index (χ2n) is 4.22. The second kappa shape index (κ2) is 4.46. The number of nitro benzene ring substituents is 1. The minimum Gasteiger partial charge on any atom is -0.385 e. The zero-order valence-corrected chi connectivity index (χ0v) is 9.24. The maximum absolute atomic E-state index is 13.3. The summed E-state index contributed by atoms with van der Waals surface area (Å²) in [5, 5.41) is 25.8. The molecule has 1 fully saturated rings. The molecule has 0 spiro atoms. The highest BCUT2D eigenvalue weighted by molar-refractivity contribution is 5.62. The number of hydrogen-bond acceptors (Lipinski definition) is 5. The van der Waals surface area contributed by atoms with Crippen LogP contribution in [0.2, 0.25) is 0 Å². The van der Waals surface area contributed by atoms with Gasteiger partial charge in [-0.25, -0.2) is 4.39 Å². The van der Waals surface area contributed by atoms with Crippen molar-refractivity contribution in [1.82, 2.24) is 5.32 Å². The van der Waals surface area contributed by atoms with E-state index in [1.807, 2.05) is 0 Å². The average Bonchev–Trinajstić information content (AvgIpc) is 2.22. The second-order valence-corrected chi connectivity index (χ2v) is 4.22. The highest BCUT2D eigenvalue weighted by Gasteiger charge is 2.34. The van der Waals surface area contributed by atoms with Crippen LogP contribution in [0.25, 0.3) is 0 Å². The van der Waals surface area contributed by atoms with Gasteiger partial charge < -0.3 is 15.7 Å². The fraction of sp³-hybridized carbons (Fsp3) is 0.400. The van der Waals surface area contributed by atoms with Crippen molar-refractivity contribution < 1.29 is 18.8 Å². The quantitative estimate of drug-likeness (QED) is 0.545. The molecular weight excluding hydrogens is 248 g/mol. The molecule has 1 aromatic rings. The Morgan fingerprint density at radius 3 is 2.67 bits per heavy atom. The largest absolute Gasteiger partial charge is 0.385 e. The number of nitrogens with zero attached hydrogens (tertiary/aromatic N) is 1. The van der Waals surface area contributed by atoms with Crippen molar-refractivity contribution in [2.45, 2.75) is 5.60 Å². The Morgan fingerprint density at radius 2 is 2.17 bits per heavy atom. The number of anilines is 1. The van der Waals surface area contributed by atoms with Gasteiger partial charge in [-0.05, 0) is 0 Å². The van der Waals surface area contributed by atoms with Crippen molar-refractivity contribution in [3.63, 3.8) is 0 Å². The van der Waals surface area contributed by atoms with Crippen LogP contribution in [0.3, 0.4) is 0 Å². The van der Waals surface area contributed by atoms with Crippen LogP contribution in [0.4, 0.5) is 20.2 Å². The maximum atomic E-state index is 13.3. The SMILES string of the molecule is O=[N+]([O-])c1c(F)cc(F)cc1NCC1(O)CNC1. The van der Waals surface area contributed by atoms with Gasteiger partial charge in [0.05, 0.1) is 4.92 Å². The van der Waals surface area contributed by atoms with E-state index in [1.165, 1.54) is 0 Å². The number of nitrogens with one attached hydrogen (secondary N) is 2. The molecule has 0 aromatic heterocycles. The molecule has 0 radical (unpaired) electrons. The molecule has 6 nitrogen and oxygen atoms in total. The third-order valence-corrected chi connectivity index (χ3v) is 2.73. The molecule has 1 aliphatic rings. The lowest BCUT2D eigenvalue weighted by atomic mass is 9.97. The lowest BCUT2D eigenvalue weighted by molar-refractivity contribution is -0.386. The van der Waals surface area contributed by atoms with Crippen LogP contribution in [0.15, 0.2) is 12.1 Å². The molecule has 0 bridgehead atoms. The predicted molar refractivity (Wildman–Crippen MR) is 59.3 cm³/mol. The summed E-state index contributed by atoms with van der Waals surface area (Å²) >= 11 is 0. The molecule has 8 heteroatoms. The van der Waals surface area contributed by atoms with E-state index in [0.717, 1.165) is 6.07 Å². The molecule has 98 valence electrons. The van der Waals surface area contributed by atoms with E-state index in [-0.39, 0.29) is 12.2 Å². The minimum absolute atomic E-state index is 0.0241. The molecule has 0 aliphatic carbocycles. The Labute approximate surface area is 101 Å². The molecule has 0 amide bonds. The van der Waals surface area contributed by atoms with E-state index in [4.69, 9.17) is 0 Å². The van der Waals surface area contributed by atoms with Crippen molar-refractivity contribution >= 4 is 11.4 Å². The average molecular weight is 259 g/mol. The summed E-state index contributed by atoms with van der Waals surface area (Å²) in [7, 11) is 0. The van der Waals surface area contributed by atoms with E-state index in [0.29, 0.717) is 19.2 Å². The first-order valence-electron chi connectivity index (χ1n) is 5.22. The van der Waals surface area contributed by atoms with E-state index in [1.54, 1.807) is 0 Å². The maximum Gasteiger partial charge on any atom is 0.327 e. The van der Waals surface area contributed by atoms with E-state index in [9.17, 15) is 24.0 Å². The van der Waals surface area contributed by atoms with Crippen LogP contribution in [0, 0.1) is 21.7 Å². The van der Waals surface area contributed by atoms with Gasteiger partial charge >= 0.3 is 5.69 Å². The first kappa shape index (κ1) is 12.7. The molecule has 1 aromatic carbocycles. The summed E-state index contributed by atoms with van der Waals surface area (Å²) in [6.07, 6.45) is 0. The van der Waals surface area contributed by atoms with Crippen molar-refractivity contribution in [1.29, 1.82) is 0 Å². The minimum atomic E-state index is -1.25. The molecular formula is C10H11F2N3O3. The summed E-state index contributed by atoms with van der Waals surface area (Å²) in [5.41, 5.74) is -2.15. The van der Waals surface area contributed by atoms with Crippen molar-refractivity contribution in [3.8, 4) is 0 Å². The van der Waals surface area contributed by atoms with Crippen LogP contribution < -0.4 is 10.6 Å². The van der Waals surface area contributed by atoms with E-state index in [2.05, 4.69) is 10.6 Å². The Kier molecular flexibility index (Phi) is 3.14. The number of β-amino-alcohol motifs (C(OH)–C–C–N with tert-alkyl or cyclic N) is 1. The van der Waals surface area contributed by atoms with Crippen molar-refractivity contribution in [2.75, 3.05) is 25.0 Å². The number of aliphatic hydroxyl groups is 1. The van der Waals surface area contributed by atoms with Crippen LogP contribution in [-0.4, -0.2) is 35.3 Å². The highest BCUT2D eigenvalue weighted by atomic mass is 19.1. The zero-order chi connectivity index (χ0) is 13.3. The normalized spacial score (nSPS) is 17.1. The third kappa shape index (κ3) is 2.39. The van der Waals surface area contributed by atoms with Crippen molar-refractivity contribution in [2.24, 2.45) is 0 Å². The Morgan fingerprint density at radius 1 is 1.50 bits per heavy atom. The lowest BCUT2D eigenvalue weighted by Crippen LogP contribution is -2.63. The van der Waals surface area contributed by atoms with Crippen LogP contribution in [-0.2, 0) is 0 Å². The fourth-order valence-electron chi connectivity index (χ4n) is 1.68. The third-order valence-electron chi connectivity index (χ3n) is 2.73. The molecule has 0 saturated carbocycles. The summed E-state index contributed by atoms with van der Waals surface area (Å²) in [6, 6.07) is 1.28. The number of nitro groups is 1. The Balaban J connectivity index is 2.22. The number of hydrogen-bond donors (Lipinski definition) is 3. The van der Waals surface area contributed by atoms with E-state index < -0.39 is 27.8 Å². The van der Waals surface area contributed by atoms with Crippen LogP contribution in [0.5, 0.6) is 0 Å². The number of halogens is 2. The summed E-state index contributed by atoms with van der Waals surface area (Å²) < 4.78 is 26.3. The van der Waals surface area contributed by atoms with Gasteiger partial charge in [-0.3, -0.25) is 10.1 Å². The van der Waals surface area contributed by atoms with Gasteiger partial charge in [-0.1, -0.05) is 0 Å². The standard InChI is InChI=1S/C10H11F2N3O3/c11-6-1-7(12)9(15(17)18)8(2-6)14-5-10(16)3-13-4-10/h1-2,13-14,16H,3-5H2.